The van der Waals surface area contributed by atoms with Crippen LogP contribution in [-0.2, 0) is 0 Å². The molecule has 16 heavy (non-hydrogen) atoms. The van der Waals surface area contributed by atoms with Crippen molar-refractivity contribution in [1.29, 1.82) is 0 Å². The number of nitrogens with zero attached hydrogens (tertiary/aromatic N) is 2. The highest BCUT2D eigenvalue weighted by atomic mass is 127. The SMILES string of the molecule is C[C@@H](N)c1ccc(-n2cc(I)cn2)cc1Br. The summed E-state index contributed by atoms with van der Waals surface area (Å²) >= 11 is 5.77. The van der Waals surface area contributed by atoms with Crippen LogP contribution >= 0.6 is 38.5 Å². The zero-order valence-corrected chi connectivity index (χ0v) is 12.4. The fraction of sp³-hybridized carbons (Fsp3) is 0.182. The van der Waals surface area contributed by atoms with Crippen LogP contribution in [0.2, 0.25) is 0 Å². The van der Waals surface area contributed by atoms with E-state index in [0.29, 0.717) is 0 Å². The number of benzene rings is 1. The molecule has 0 fully saturated rings. The Labute approximate surface area is 116 Å². The lowest BCUT2D eigenvalue weighted by Gasteiger charge is -2.10. The zero-order valence-electron chi connectivity index (χ0n) is 8.69. The van der Waals surface area contributed by atoms with Gasteiger partial charge in [-0.1, -0.05) is 22.0 Å². The van der Waals surface area contributed by atoms with Crippen molar-refractivity contribution in [2.75, 3.05) is 0 Å². The van der Waals surface area contributed by atoms with Crippen LogP contribution in [-0.4, -0.2) is 9.78 Å². The van der Waals surface area contributed by atoms with E-state index >= 15 is 0 Å². The lowest BCUT2D eigenvalue weighted by Crippen LogP contribution is -2.06. The molecule has 3 nitrogen and oxygen atoms in total. The highest BCUT2D eigenvalue weighted by Gasteiger charge is 2.07. The van der Waals surface area contributed by atoms with Gasteiger partial charge in [0.05, 0.1) is 15.5 Å². The largest absolute Gasteiger partial charge is 0.324 e. The predicted molar refractivity (Wildman–Crippen MR) is 76.6 cm³/mol. The molecule has 0 spiro atoms. The summed E-state index contributed by atoms with van der Waals surface area (Å²) in [5.41, 5.74) is 7.98. The van der Waals surface area contributed by atoms with E-state index in [4.69, 9.17) is 5.73 Å². The van der Waals surface area contributed by atoms with E-state index in [1.807, 2.05) is 42.2 Å². The summed E-state index contributed by atoms with van der Waals surface area (Å²) < 4.78 is 3.98. The Kier molecular flexibility index (Phi) is 3.66. The minimum Gasteiger partial charge on any atom is -0.324 e. The summed E-state index contributed by atoms with van der Waals surface area (Å²) in [7, 11) is 0. The van der Waals surface area contributed by atoms with Crippen molar-refractivity contribution in [3.63, 3.8) is 0 Å². The Bertz CT molecular complexity index is 508. The van der Waals surface area contributed by atoms with Crippen molar-refractivity contribution in [2.45, 2.75) is 13.0 Å². The molecule has 0 aliphatic rings. The van der Waals surface area contributed by atoms with Gasteiger partial charge in [-0.2, -0.15) is 5.10 Å². The minimum absolute atomic E-state index is 0.0289. The molecule has 1 atom stereocenters. The predicted octanol–water partition coefficient (Wildman–Crippen LogP) is 3.26. The molecule has 1 aromatic carbocycles. The Morgan fingerprint density at radius 2 is 2.25 bits per heavy atom. The van der Waals surface area contributed by atoms with Crippen molar-refractivity contribution < 1.29 is 0 Å². The quantitative estimate of drug-likeness (QED) is 0.798. The van der Waals surface area contributed by atoms with E-state index in [1.54, 1.807) is 0 Å². The summed E-state index contributed by atoms with van der Waals surface area (Å²) in [4.78, 5) is 0. The van der Waals surface area contributed by atoms with Crippen LogP contribution in [0.5, 0.6) is 0 Å². The lowest BCUT2D eigenvalue weighted by atomic mass is 10.1. The van der Waals surface area contributed by atoms with Gasteiger partial charge in [-0.15, -0.1) is 0 Å². The maximum Gasteiger partial charge on any atom is 0.0657 e. The molecule has 2 aromatic rings. The molecule has 0 aliphatic heterocycles. The first-order valence-corrected chi connectivity index (χ1v) is 6.70. The van der Waals surface area contributed by atoms with Gasteiger partial charge in [0.25, 0.3) is 0 Å². The summed E-state index contributed by atoms with van der Waals surface area (Å²) in [6, 6.07) is 6.11. The molecule has 0 aliphatic carbocycles. The second kappa shape index (κ2) is 4.85. The highest BCUT2D eigenvalue weighted by Crippen LogP contribution is 2.24. The van der Waals surface area contributed by atoms with Crippen molar-refractivity contribution in [3.05, 3.63) is 44.2 Å². The summed E-state index contributed by atoms with van der Waals surface area (Å²) in [6.07, 6.45) is 3.81. The van der Waals surface area contributed by atoms with Gasteiger partial charge in [-0.3, -0.25) is 0 Å². The molecule has 0 radical (unpaired) electrons. The number of halogens is 2. The Morgan fingerprint density at radius 3 is 2.75 bits per heavy atom. The molecule has 0 unspecified atom stereocenters. The molecule has 1 heterocycles. The van der Waals surface area contributed by atoms with Crippen LogP contribution < -0.4 is 5.73 Å². The first kappa shape index (κ1) is 12.1. The highest BCUT2D eigenvalue weighted by molar-refractivity contribution is 14.1. The van der Waals surface area contributed by atoms with E-state index in [0.717, 1.165) is 19.3 Å². The van der Waals surface area contributed by atoms with Crippen molar-refractivity contribution in [3.8, 4) is 5.69 Å². The van der Waals surface area contributed by atoms with E-state index in [-0.39, 0.29) is 6.04 Å². The summed E-state index contributed by atoms with van der Waals surface area (Å²) in [5, 5.41) is 4.26. The van der Waals surface area contributed by atoms with Crippen LogP contribution in [0, 0.1) is 3.57 Å². The second-order valence-corrected chi connectivity index (χ2v) is 5.70. The smallest absolute Gasteiger partial charge is 0.0657 e. The third kappa shape index (κ3) is 2.46. The Balaban J connectivity index is 2.42. The van der Waals surface area contributed by atoms with Crippen LogP contribution in [0.4, 0.5) is 0 Å². The van der Waals surface area contributed by atoms with Gasteiger partial charge in [0.2, 0.25) is 0 Å². The molecular formula is C11H11BrIN3. The molecule has 2 N–H and O–H groups in total. The van der Waals surface area contributed by atoms with Gasteiger partial charge in [0, 0.05) is 16.7 Å². The molecule has 5 heteroatoms. The monoisotopic (exact) mass is 391 g/mol. The summed E-state index contributed by atoms with van der Waals surface area (Å²) in [6.45, 7) is 1.97. The lowest BCUT2D eigenvalue weighted by molar-refractivity contribution is 0.809. The van der Waals surface area contributed by atoms with Crippen LogP contribution in [0.15, 0.2) is 35.1 Å². The number of hydrogen-bond donors (Lipinski definition) is 1. The van der Waals surface area contributed by atoms with Gasteiger partial charge in [-0.25, -0.2) is 4.68 Å². The standard InChI is InChI=1S/C11H11BrIN3/c1-7(14)10-3-2-9(4-11(10)12)16-6-8(13)5-15-16/h2-7H,14H2,1H3/t7-/m1/s1. The molecule has 84 valence electrons. The second-order valence-electron chi connectivity index (χ2n) is 3.60. The average molecular weight is 392 g/mol. The van der Waals surface area contributed by atoms with E-state index in [9.17, 15) is 0 Å². The number of rotatable bonds is 2. The third-order valence-electron chi connectivity index (χ3n) is 2.29. The number of nitrogens with two attached hydrogens (primary N) is 1. The first-order valence-electron chi connectivity index (χ1n) is 4.83. The van der Waals surface area contributed by atoms with Gasteiger partial charge < -0.3 is 5.73 Å². The minimum atomic E-state index is 0.0289. The van der Waals surface area contributed by atoms with Crippen molar-refractivity contribution in [1.82, 2.24) is 9.78 Å². The van der Waals surface area contributed by atoms with E-state index in [2.05, 4.69) is 43.6 Å². The topological polar surface area (TPSA) is 43.8 Å². The maximum absolute atomic E-state index is 5.85. The van der Waals surface area contributed by atoms with Crippen molar-refractivity contribution >= 4 is 38.5 Å². The fourth-order valence-corrected chi connectivity index (χ4v) is 2.59. The number of aromatic nitrogens is 2. The normalized spacial score (nSPS) is 12.8. The molecule has 0 saturated carbocycles. The van der Waals surface area contributed by atoms with Gasteiger partial charge in [0.15, 0.2) is 0 Å². The van der Waals surface area contributed by atoms with Gasteiger partial charge in [0.1, 0.15) is 0 Å². The van der Waals surface area contributed by atoms with Crippen molar-refractivity contribution in [2.24, 2.45) is 5.73 Å². The summed E-state index contributed by atoms with van der Waals surface area (Å²) in [5.74, 6) is 0. The van der Waals surface area contributed by atoms with E-state index in [1.165, 1.54) is 0 Å². The van der Waals surface area contributed by atoms with Gasteiger partial charge >= 0.3 is 0 Å². The number of hydrogen-bond acceptors (Lipinski definition) is 2. The fourth-order valence-electron chi connectivity index (χ4n) is 1.47. The Hall–Kier alpha value is -0.400. The van der Waals surface area contributed by atoms with Crippen LogP contribution in [0.3, 0.4) is 0 Å². The molecule has 0 amide bonds. The van der Waals surface area contributed by atoms with Crippen LogP contribution in [0.25, 0.3) is 5.69 Å². The van der Waals surface area contributed by atoms with Gasteiger partial charge in [-0.05, 0) is 47.2 Å². The molecule has 0 saturated heterocycles. The molecule has 2 rings (SSSR count). The first-order chi connectivity index (χ1) is 7.58. The van der Waals surface area contributed by atoms with Crippen LogP contribution in [0.1, 0.15) is 18.5 Å². The van der Waals surface area contributed by atoms with E-state index < -0.39 is 0 Å². The molecule has 0 bridgehead atoms. The zero-order chi connectivity index (χ0) is 11.7. The third-order valence-corrected chi connectivity index (χ3v) is 3.53. The Morgan fingerprint density at radius 1 is 1.50 bits per heavy atom. The maximum atomic E-state index is 5.85. The molecular weight excluding hydrogens is 381 g/mol. The molecule has 1 aromatic heterocycles. The average Bonchev–Trinajstić information content (AvgIpc) is 2.64.